The van der Waals surface area contributed by atoms with Gasteiger partial charge in [-0.25, -0.2) is 10.8 Å². The van der Waals surface area contributed by atoms with Gasteiger partial charge in [-0.15, -0.1) is 0 Å². The van der Waals surface area contributed by atoms with Crippen LogP contribution in [0.5, 0.6) is 11.6 Å². The van der Waals surface area contributed by atoms with Gasteiger partial charge < -0.3 is 10.2 Å². The second-order valence-electron chi connectivity index (χ2n) is 4.02. The topological polar surface area (TPSA) is 73.1 Å². The summed E-state index contributed by atoms with van der Waals surface area (Å²) in [5.74, 6) is 7.64. The fourth-order valence-electron chi connectivity index (χ4n) is 1.55. The highest BCUT2D eigenvalue weighted by Gasteiger charge is 2.07. The van der Waals surface area contributed by atoms with Gasteiger partial charge in [0.2, 0.25) is 5.88 Å². The van der Waals surface area contributed by atoms with Gasteiger partial charge in [-0.3, -0.25) is 0 Å². The van der Waals surface area contributed by atoms with Crippen molar-refractivity contribution in [1.82, 2.24) is 9.97 Å². The maximum absolute atomic E-state index is 5.96. The van der Waals surface area contributed by atoms with Gasteiger partial charge in [0.25, 0.3) is 0 Å². The summed E-state index contributed by atoms with van der Waals surface area (Å²) in [5, 5.41) is 0.613. The molecule has 2 rings (SSSR count). The Labute approximate surface area is 116 Å². The molecule has 19 heavy (non-hydrogen) atoms. The molecule has 1 aromatic heterocycles. The molecule has 0 spiro atoms. The molecule has 0 atom stereocenters. The number of nitrogens with one attached hydrogen (secondary N) is 1. The summed E-state index contributed by atoms with van der Waals surface area (Å²) in [4.78, 5) is 8.49. The standard InChI is InChI=1S/C13H15ClN4O/c1-3-11-16-12(18-15)7-13(17-11)19-10-6-9(14)5-4-8(10)2/h4-7H,3,15H2,1-2H3,(H,16,17,18). The van der Waals surface area contributed by atoms with Crippen LogP contribution >= 0.6 is 11.6 Å². The van der Waals surface area contributed by atoms with E-state index in [2.05, 4.69) is 15.4 Å². The van der Waals surface area contributed by atoms with Gasteiger partial charge in [-0.05, 0) is 24.6 Å². The van der Waals surface area contributed by atoms with E-state index in [0.29, 0.717) is 34.7 Å². The van der Waals surface area contributed by atoms with Gasteiger partial charge in [-0.2, -0.15) is 4.98 Å². The van der Waals surface area contributed by atoms with Crippen LogP contribution in [0, 0.1) is 6.92 Å². The number of anilines is 1. The molecule has 0 fully saturated rings. The summed E-state index contributed by atoms with van der Waals surface area (Å²) in [6, 6.07) is 7.09. The van der Waals surface area contributed by atoms with E-state index >= 15 is 0 Å². The van der Waals surface area contributed by atoms with Crippen LogP contribution in [0.15, 0.2) is 24.3 Å². The van der Waals surface area contributed by atoms with E-state index in [-0.39, 0.29) is 0 Å². The minimum absolute atomic E-state index is 0.435. The number of hydrogen-bond acceptors (Lipinski definition) is 5. The lowest BCUT2D eigenvalue weighted by Gasteiger charge is -2.10. The third kappa shape index (κ3) is 3.33. The second kappa shape index (κ2) is 5.86. The van der Waals surface area contributed by atoms with Crippen LogP contribution in [0.2, 0.25) is 5.02 Å². The molecule has 0 amide bonds. The van der Waals surface area contributed by atoms with Crippen LogP contribution in [0.3, 0.4) is 0 Å². The summed E-state index contributed by atoms with van der Waals surface area (Å²) in [6.07, 6.45) is 0.695. The Morgan fingerprint density at radius 3 is 2.79 bits per heavy atom. The lowest BCUT2D eigenvalue weighted by Crippen LogP contribution is -2.10. The third-order valence-electron chi connectivity index (χ3n) is 2.58. The van der Waals surface area contributed by atoms with Crippen molar-refractivity contribution in [2.45, 2.75) is 20.3 Å². The first kappa shape index (κ1) is 13.6. The number of nitrogen functional groups attached to an aromatic ring is 1. The Morgan fingerprint density at radius 1 is 1.32 bits per heavy atom. The molecule has 1 heterocycles. The average Bonchev–Trinajstić information content (AvgIpc) is 2.42. The Morgan fingerprint density at radius 2 is 2.11 bits per heavy atom. The fourth-order valence-corrected chi connectivity index (χ4v) is 1.72. The largest absolute Gasteiger partial charge is 0.439 e. The minimum Gasteiger partial charge on any atom is -0.439 e. The minimum atomic E-state index is 0.435. The van der Waals surface area contributed by atoms with E-state index in [9.17, 15) is 0 Å². The summed E-state index contributed by atoms with van der Waals surface area (Å²) < 4.78 is 5.74. The zero-order valence-corrected chi connectivity index (χ0v) is 11.5. The summed E-state index contributed by atoms with van der Waals surface area (Å²) in [6.45, 7) is 3.90. The van der Waals surface area contributed by atoms with Gasteiger partial charge in [-0.1, -0.05) is 24.6 Å². The van der Waals surface area contributed by atoms with E-state index in [4.69, 9.17) is 22.2 Å². The molecule has 1 aromatic carbocycles. The molecular formula is C13H15ClN4O. The van der Waals surface area contributed by atoms with Crippen molar-refractivity contribution in [3.05, 3.63) is 40.7 Å². The molecule has 0 aliphatic carbocycles. The van der Waals surface area contributed by atoms with E-state index in [1.54, 1.807) is 12.1 Å². The molecule has 0 aliphatic heterocycles. The fraction of sp³-hybridized carbons (Fsp3) is 0.231. The quantitative estimate of drug-likeness (QED) is 0.664. The first-order chi connectivity index (χ1) is 9.12. The van der Waals surface area contributed by atoms with E-state index in [0.717, 1.165) is 5.56 Å². The molecule has 0 unspecified atom stereocenters. The van der Waals surface area contributed by atoms with Crippen LogP contribution in [0.4, 0.5) is 5.82 Å². The number of hydrazine groups is 1. The van der Waals surface area contributed by atoms with Gasteiger partial charge >= 0.3 is 0 Å². The summed E-state index contributed by atoms with van der Waals surface area (Å²) >= 11 is 5.96. The number of ether oxygens (including phenoxy) is 1. The molecule has 0 saturated carbocycles. The van der Waals surface area contributed by atoms with Crippen molar-refractivity contribution in [3.8, 4) is 11.6 Å². The Hall–Kier alpha value is -1.85. The van der Waals surface area contributed by atoms with Crippen LogP contribution < -0.4 is 16.0 Å². The zero-order valence-electron chi connectivity index (χ0n) is 10.8. The van der Waals surface area contributed by atoms with Crippen LogP contribution in [0.1, 0.15) is 18.3 Å². The smallest absolute Gasteiger partial charge is 0.224 e. The molecule has 100 valence electrons. The predicted octanol–water partition coefficient (Wildman–Crippen LogP) is 3.08. The number of hydrogen-bond donors (Lipinski definition) is 2. The third-order valence-corrected chi connectivity index (χ3v) is 2.81. The molecule has 0 bridgehead atoms. The highest BCUT2D eigenvalue weighted by atomic mass is 35.5. The van der Waals surface area contributed by atoms with Crippen molar-refractivity contribution in [2.24, 2.45) is 5.84 Å². The van der Waals surface area contributed by atoms with Gasteiger partial charge in [0.1, 0.15) is 17.4 Å². The van der Waals surface area contributed by atoms with Gasteiger partial charge in [0.05, 0.1) is 0 Å². The molecule has 0 radical (unpaired) electrons. The number of aryl methyl sites for hydroxylation is 2. The van der Waals surface area contributed by atoms with E-state index in [1.165, 1.54) is 0 Å². The maximum atomic E-state index is 5.96. The number of rotatable bonds is 4. The zero-order chi connectivity index (χ0) is 13.8. The average molecular weight is 279 g/mol. The first-order valence-corrected chi connectivity index (χ1v) is 6.28. The first-order valence-electron chi connectivity index (χ1n) is 5.91. The molecular weight excluding hydrogens is 264 g/mol. The van der Waals surface area contributed by atoms with Gasteiger partial charge in [0, 0.05) is 17.5 Å². The maximum Gasteiger partial charge on any atom is 0.224 e. The molecule has 0 saturated heterocycles. The summed E-state index contributed by atoms with van der Waals surface area (Å²) in [7, 11) is 0. The lowest BCUT2D eigenvalue weighted by molar-refractivity contribution is 0.456. The Kier molecular flexibility index (Phi) is 4.19. The van der Waals surface area contributed by atoms with Crippen molar-refractivity contribution >= 4 is 17.4 Å². The molecule has 6 heteroatoms. The Bertz CT molecular complexity index is 567. The summed E-state index contributed by atoms with van der Waals surface area (Å²) in [5.41, 5.74) is 3.47. The molecule has 2 aromatic rings. The Balaban J connectivity index is 2.34. The normalized spacial score (nSPS) is 10.3. The molecule has 3 N–H and O–H groups in total. The predicted molar refractivity (Wildman–Crippen MR) is 75.5 cm³/mol. The number of benzene rings is 1. The lowest BCUT2D eigenvalue weighted by atomic mass is 10.2. The van der Waals surface area contributed by atoms with Crippen molar-refractivity contribution in [1.29, 1.82) is 0 Å². The van der Waals surface area contributed by atoms with Gasteiger partial charge in [0.15, 0.2) is 0 Å². The monoisotopic (exact) mass is 278 g/mol. The number of halogens is 1. The number of nitrogens with zero attached hydrogens (tertiary/aromatic N) is 2. The SMILES string of the molecule is CCc1nc(NN)cc(Oc2cc(Cl)ccc2C)n1. The van der Waals surface area contributed by atoms with Crippen molar-refractivity contribution in [2.75, 3.05) is 5.43 Å². The number of aromatic nitrogens is 2. The van der Waals surface area contributed by atoms with Crippen molar-refractivity contribution < 1.29 is 4.74 Å². The van der Waals surface area contributed by atoms with Crippen LogP contribution in [-0.2, 0) is 6.42 Å². The highest BCUT2D eigenvalue weighted by Crippen LogP contribution is 2.27. The van der Waals surface area contributed by atoms with E-state index < -0.39 is 0 Å². The van der Waals surface area contributed by atoms with Crippen LogP contribution in [0.25, 0.3) is 0 Å². The second-order valence-corrected chi connectivity index (χ2v) is 4.45. The number of nitrogens with two attached hydrogens (primary N) is 1. The van der Waals surface area contributed by atoms with Crippen molar-refractivity contribution in [3.63, 3.8) is 0 Å². The molecule has 5 nitrogen and oxygen atoms in total. The highest BCUT2D eigenvalue weighted by molar-refractivity contribution is 6.30. The molecule has 0 aliphatic rings. The van der Waals surface area contributed by atoms with Crippen LogP contribution in [-0.4, -0.2) is 9.97 Å². The van der Waals surface area contributed by atoms with E-state index in [1.807, 2.05) is 26.0 Å².